The fourth-order valence-corrected chi connectivity index (χ4v) is 2.47. The molecule has 0 saturated carbocycles. The molecule has 2 aromatic rings. The molecule has 0 radical (unpaired) electrons. The van der Waals surface area contributed by atoms with E-state index in [-0.39, 0.29) is 12.5 Å². The highest BCUT2D eigenvalue weighted by Crippen LogP contribution is 2.14. The van der Waals surface area contributed by atoms with Gasteiger partial charge >= 0.3 is 5.97 Å². The molecule has 2 rings (SSSR count). The van der Waals surface area contributed by atoms with Crippen LogP contribution in [0.15, 0.2) is 30.6 Å². The van der Waals surface area contributed by atoms with E-state index < -0.39 is 11.9 Å². The van der Waals surface area contributed by atoms with Gasteiger partial charge < -0.3 is 14.7 Å². The number of carboxylic acid groups (broad SMARTS) is 1. The molecule has 0 aliphatic carbocycles. The summed E-state index contributed by atoms with van der Waals surface area (Å²) in [5.41, 5.74) is 1.82. The Morgan fingerprint density at radius 2 is 1.96 bits per heavy atom. The minimum atomic E-state index is -0.924. The Hall–Kier alpha value is -2.54. The quantitative estimate of drug-likeness (QED) is 0.701. The highest BCUT2D eigenvalue weighted by atomic mass is 16.5. The van der Waals surface area contributed by atoms with E-state index in [1.165, 1.54) is 0 Å². The van der Waals surface area contributed by atoms with Crippen molar-refractivity contribution in [3.8, 4) is 0 Å². The SMILES string of the molecule is CCOCCCN(CC(C)C(=O)O)C(=O)c1ccc2nccnc2c1. The standard InChI is InChI=1S/C18H23N3O4/c1-3-25-10-4-9-21(12-13(2)18(23)24)17(22)14-5-6-15-16(11-14)20-8-7-19-15/h5-8,11,13H,3-4,9-10,12H2,1-2H3,(H,23,24). The van der Waals surface area contributed by atoms with E-state index in [9.17, 15) is 9.59 Å². The average molecular weight is 345 g/mol. The summed E-state index contributed by atoms with van der Waals surface area (Å²) in [6.45, 7) is 5.24. The van der Waals surface area contributed by atoms with Gasteiger partial charge in [-0.1, -0.05) is 6.92 Å². The van der Waals surface area contributed by atoms with Crippen molar-refractivity contribution in [1.29, 1.82) is 0 Å². The molecular weight excluding hydrogens is 322 g/mol. The molecule has 1 amide bonds. The number of aromatic nitrogens is 2. The van der Waals surface area contributed by atoms with Crippen molar-refractivity contribution in [3.63, 3.8) is 0 Å². The second-order valence-electron chi connectivity index (χ2n) is 5.80. The van der Waals surface area contributed by atoms with Gasteiger partial charge in [-0.05, 0) is 31.5 Å². The van der Waals surface area contributed by atoms with Gasteiger partial charge in [0.25, 0.3) is 5.91 Å². The van der Waals surface area contributed by atoms with Gasteiger partial charge in [0, 0.05) is 44.3 Å². The molecule has 0 aliphatic rings. The zero-order valence-corrected chi connectivity index (χ0v) is 14.5. The fourth-order valence-electron chi connectivity index (χ4n) is 2.47. The summed E-state index contributed by atoms with van der Waals surface area (Å²) >= 11 is 0. The van der Waals surface area contributed by atoms with Crippen LogP contribution < -0.4 is 0 Å². The van der Waals surface area contributed by atoms with Gasteiger partial charge in [0.2, 0.25) is 0 Å². The highest BCUT2D eigenvalue weighted by molar-refractivity contribution is 5.97. The van der Waals surface area contributed by atoms with Crippen LogP contribution in [0.3, 0.4) is 0 Å². The zero-order chi connectivity index (χ0) is 18.2. The van der Waals surface area contributed by atoms with E-state index >= 15 is 0 Å². The summed E-state index contributed by atoms with van der Waals surface area (Å²) in [6, 6.07) is 5.13. The molecule has 0 spiro atoms. The smallest absolute Gasteiger partial charge is 0.308 e. The largest absolute Gasteiger partial charge is 0.481 e. The lowest BCUT2D eigenvalue weighted by Gasteiger charge is -2.24. The van der Waals surface area contributed by atoms with Crippen LogP contribution in [0.1, 0.15) is 30.6 Å². The fraction of sp³-hybridized carbons (Fsp3) is 0.444. The maximum atomic E-state index is 12.9. The van der Waals surface area contributed by atoms with Crippen LogP contribution in [-0.4, -0.2) is 58.2 Å². The molecule has 1 heterocycles. The van der Waals surface area contributed by atoms with Gasteiger partial charge in [-0.2, -0.15) is 0 Å². The first kappa shape index (κ1) is 18.8. The van der Waals surface area contributed by atoms with Gasteiger partial charge in [0.1, 0.15) is 0 Å². The van der Waals surface area contributed by atoms with Gasteiger partial charge in [-0.15, -0.1) is 0 Å². The number of fused-ring (bicyclic) bond motifs is 1. The predicted octanol–water partition coefficient (Wildman–Crippen LogP) is 2.22. The number of hydrogen-bond acceptors (Lipinski definition) is 5. The monoisotopic (exact) mass is 345 g/mol. The number of carbonyl (C=O) groups is 2. The van der Waals surface area contributed by atoms with Crippen LogP contribution in [0.2, 0.25) is 0 Å². The molecule has 1 atom stereocenters. The third-order valence-electron chi connectivity index (χ3n) is 3.84. The molecule has 1 unspecified atom stereocenters. The maximum absolute atomic E-state index is 12.9. The number of amides is 1. The Balaban J connectivity index is 2.17. The van der Waals surface area contributed by atoms with Crippen molar-refractivity contribution in [1.82, 2.24) is 14.9 Å². The second kappa shape index (κ2) is 9.08. The molecule has 7 heteroatoms. The lowest BCUT2D eigenvalue weighted by Crippen LogP contribution is -2.38. The van der Waals surface area contributed by atoms with Crippen molar-refractivity contribution in [2.45, 2.75) is 20.3 Å². The summed E-state index contributed by atoms with van der Waals surface area (Å²) < 4.78 is 5.31. The molecule has 1 N–H and O–H groups in total. The van der Waals surface area contributed by atoms with Gasteiger partial charge in [-0.25, -0.2) is 0 Å². The van der Waals surface area contributed by atoms with Crippen molar-refractivity contribution >= 4 is 22.9 Å². The number of aliphatic carboxylic acids is 1. The first-order chi connectivity index (χ1) is 12.0. The molecule has 25 heavy (non-hydrogen) atoms. The van der Waals surface area contributed by atoms with Gasteiger partial charge in [-0.3, -0.25) is 19.6 Å². The zero-order valence-electron chi connectivity index (χ0n) is 14.5. The predicted molar refractivity (Wildman–Crippen MR) is 93.4 cm³/mol. The summed E-state index contributed by atoms with van der Waals surface area (Å²) in [5.74, 6) is -1.78. The first-order valence-corrected chi connectivity index (χ1v) is 8.33. The number of hydrogen-bond donors (Lipinski definition) is 1. The molecule has 7 nitrogen and oxygen atoms in total. The van der Waals surface area contributed by atoms with Crippen LogP contribution in [0.5, 0.6) is 0 Å². The first-order valence-electron chi connectivity index (χ1n) is 8.33. The Bertz CT molecular complexity index is 735. The second-order valence-corrected chi connectivity index (χ2v) is 5.80. The average Bonchev–Trinajstić information content (AvgIpc) is 2.63. The number of carbonyl (C=O) groups excluding carboxylic acids is 1. The number of ether oxygens (including phenoxy) is 1. The van der Waals surface area contributed by atoms with Crippen LogP contribution >= 0.6 is 0 Å². The lowest BCUT2D eigenvalue weighted by atomic mass is 10.1. The normalized spacial score (nSPS) is 12.1. The topological polar surface area (TPSA) is 92.6 Å². The van der Waals surface area contributed by atoms with Crippen molar-refractivity contribution in [2.24, 2.45) is 5.92 Å². The lowest BCUT2D eigenvalue weighted by molar-refractivity contribution is -0.141. The van der Waals surface area contributed by atoms with Crippen LogP contribution in [0.4, 0.5) is 0 Å². The van der Waals surface area contributed by atoms with Crippen LogP contribution in [0, 0.1) is 5.92 Å². The van der Waals surface area contributed by atoms with E-state index in [1.807, 2.05) is 6.92 Å². The molecular formula is C18H23N3O4. The van der Waals surface area contributed by atoms with Gasteiger partial charge in [0.15, 0.2) is 0 Å². The number of carboxylic acids is 1. The van der Waals surface area contributed by atoms with E-state index in [0.29, 0.717) is 42.8 Å². The molecule has 0 saturated heterocycles. The minimum Gasteiger partial charge on any atom is -0.481 e. The summed E-state index contributed by atoms with van der Waals surface area (Å²) in [7, 11) is 0. The van der Waals surface area contributed by atoms with E-state index in [2.05, 4.69) is 9.97 Å². The Morgan fingerprint density at radius 3 is 2.64 bits per heavy atom. The van der Waals surface area contributed by atoms with Crippen molar-refractivity contribution in [3.05, 3.63) is 36.2 Å². The van der Waals surface area contributed by atoms with E-state index in [1.54, 1.807) is 42.4 Å². The highest BCUT2D eigenvalue weighted by Gasteiger charge is 2.21. The molecule has 1 aromatic carbocycles. The van der Waals surface area contributed by atoms with Crippen LogP contribution in [0.25, 0.3) is 11.0 Å². The molecule has 1 aromatic heterocycles. The number of rotatable bonds is 9. The van der Waals surface area contributed by atoms with Crippen molar-refractivity contribution < 1.29 is 19.4 Å². The van der Waals surface area contributed by atoms with E-state index in [0.717, 1.165) is 0 Å². The summed E-state index contributed by atoms with van der Waals surface area (Å²) in [6.07, 6.45) is 3.82. The number of nitrogens with zero attached hydrogens (tertiary/aromatic N) is 3. The molecule has 0 aliphatic heterocycles. The molecule has 0 fully saturated rings. The molecule has 134 valence electrons. The maximum Gasteiger partial charge on any atom is 0.308 e. The number of benzene rings is 1. The summed E-state index contributed by atoms with van der Waals surface area (Å²) in [5, 5.41) is 9.15. The minimum absolute atomic E-state index is 0.152. The Labute approximate surface area is 146 Å². The molecule has 0 bridgehead atoms. The Kier molecular flexibility index (Phi) is 6.82. The van der Waals surface area contributed by atoms with Crippen LogP contribution in [-0.2, 0) is 9.53 Å². The van der Waals surface area contributed by atoms with E-state index in [4.69, 9.17) is 9.84 Å². The Morgan fingerprint density at radius 1 is 1.24 bits per heavy atom. The van der Waals surface area contributed by atoms with Gasteiger partial charge in [0.05, 0.1) is 17.0 Å². The van der Waals surface area contributed by atoms with Crippen molar-refractivity contribution in [2.75, 3.05) is 26.3 Å². The third kappa shape index (κ3) is 5.22. The third-order valence-corrected chi connectivity index (χ3v) is 3.84. The summed E-state index contributed by atoms with van der Waals surface area (Å²) in [4.78, 5) is 34.0.